The summed E-state index contributed by atoms with van der Waals surface area (Å²) < 4.78 is 10.0. The minimum Gasteiger partial charge on any atom is -0.468 e. The second kappa shape index (κ2) is 6.78. The molecule has 0 radical (unpaired) electrons. The number of fused-ring (bicyclic) bond motifs is 1. The van der Waals surface area contributed by atoms with Crippen molar-refractivity contribution in [1.29, 1.82) is 0 Å². The maximum absolute atomic E-state index is 13.0. The Hall–Kier alpha value is -3.16. The summed E-state index contributed by atoms with van der Waals surface area (Å²) in [5.41, 5.74) is 8.01. The average molecular weight is 382 g/mol. The van der Waals surface area contributed by atoms with Gasteiger partial charge in [-0.3, -0.25) is 9.59 Å². The summed E-state index contributed by atoms with van der Waals surface area (Å²) in [6, 6.07) is 7.70. The van der Waals surface area contributed by atoms with Crippen LogP contribution in [0.5, 0.6) is 6.01 Å². The lowest BCUT2D eigenvalue weighted by molar-refractivity contribution is -0.151. The molecule has 0 saturated heterocycles. The fourth-order valence-electron chi connectivity index (χ4n) is 4.01. The standard InChI is InChI=1S/C20H22N4O4/c1-27-18(26)20(9-3-10-20)12-4-6-13(7-5-12)24-11-8-14-15(17(24)25)16(21)23-19(22-14)28-2/h4-7H,3,8-11H2,1-2H3,(H2,21,22,23). The number of nitrogens with two attached hydrogens (primary N) is 1. The highest BCUT2D eigenvalue weighted by Crippen LogP contribution is 2.45. The van der Waals surface area contributed by atoms with Gasteiger partial charge in [0.1, 0.15) is 11.4 Å². The number of nitrogen functional groups attached to an aromatic ring is 1. The molecule has 2 aromatic rings. The Labute approximate surface area is 162 Å². The van der Waals surface area contributed by atoms with E-state index in [4.69, 9.17) is 15.2 Å². The van der Waals surface area contributed by atoms with E-state index in [1.165, 1.54) is 14.2 Å². The summed E-state index contributed by atoms with van der Waals surface area (Å²) in [6.45, 7) is 0.479. The first-order valence-electron chi connectivity index (χ1n) is 9.21. The van der Waals surface area contributed by atoms with Crippen LogP contribution in [0.25, 0.3) is 0 Å². The number of carbonyl (C=O) groups is 2. The van der Waals surface area contributed by atoms with Crippen LogP contribution in [0.4, 0.5) is 11.5 Å². The van der Waals surface area contributed by atoms with Crippen molar-refractivity contribution in [2.45, 2.75) is 31.1 Å². The van der Waals surface area contributed by atoms with Crippen LogP contribution in [0.3, 0.4) is 0 Å². The van der Waals surface area contributed by atoms with E-state index in [0.717, 1.165) is 30.5 Å². The van der Waals surface area contributed by atoms with E-state index in [1.807, 2.05) is 24.3 Å². The van der Waals surface area contributed by atoms with Gasteiger partial charge >= 0.3 is 12.0 Å². The van der Waals surface area contributed by atoms with Gasteiger partial charge in [-0.25, -0.2) is 0 Å². The number of anilines is 2. The predicted molar refractivity (Wildman–Crippen MR) is 102 cm³/mol. The molecule has 1 aliphatic heterocycles. The molecule has 1 aliphatic carbocycles. The molecule has 1 saturated carbocycles. The molecule has 0 unspecified atom stereocenters. The van der Waals surface area contributed by atoms with Crippen molar-refractivity contribution in [3.05, 3.63) is 41.1 Å². The first-order valence-corrected chi connectivity index (χ1v) is 9.21. The summed E-state index contributed by atoms with van der Waals surface area (Å²) in [5, 5.41) is 0. The molecule has 8 heteroatoms. The average Bonchev–Trinajstić information content (AvgIpc) is 2.67. The summed E-state index contributed by atoms with van der Waals surface area (Å²) in [6.07, 6.45) is 3.12. The number of benzene rings is 1. The largest absolute Gasteiger partial charge is 0.468 e. The molecule has 8 nitrogen and oxygen atoms in total. The van der Waals surface area contributed by atoms with E-state index in [9.17, 15) is 9.59 Å². The van der Waals surface area contributed by atoms with Gasteiger partial charge in [0.2, 0.25) is 0 Å². The third-order valence-electron chi connectivity index (χ3n) is 5.72. The Kier molecular flexibility index (Phi) is 4.41. The van der Waals surface area contributed by atoms with Gasteiger partial charge in [-0.15, -0.1) is 0 Å². The SMILES string of the molecule is COC(=O)C1(c2ccc(N3CCc4nc(OC)nc(N)c4C3=O)cc2)CCC1. The van der Waals surface area contributed by atoms with Gasteiger partial charge in [0.05, 0.1) is 25.3 Å². The second-order valence-corrected chi connectivity index (χ2v) is 7.10. The first kappa shape index (κ1) is 18.2. The lowest BCUT2D eigenvalue weighted by Gasteiger charge is -2.39. The lowest BCUT2D eigenvalue weighted by Crippen LogP contribution is -2.43. The number of hydrogen-bond acceptors (Lipinski definition) is 7. The summed E-state index contributed by atoms with van der Waals surface area (Å²) in [4.78, 5) is 35.2. The molecule has 1 aromatic carbocycles. The lowest BCUT2D eigenvalue weighted by atomic mass is 9.64. The quantitative estimate of drug-likeness (QED) is 0.804. The summed E-state index contributed by atoms with van der Waals surface area (Å²) in [7, 11) is 2.88. The van der Waals surface area contributed by atoms with Gasteiger partial charge in [-0.2, -0.15) is 9.97 Å². The minimum absolute atomic E-state index is 0.118. The van der Waals surface area contributed by atoms with Crippen LogP contribution in [0.1, 0.15) is 40.9 Å². The van der Waals surface area contributed by atoms with Crippen molar-refractivity contribution < 1.29 is 19.1 Å². The number of rotatable bonds is 4. The van der Waals surface area contributed by atoms with Gasteiger partial charge in [0.25, 0.3) is 5.91 Å². The fraction of sp³-hybridized carbons (Fsp3) is 0.400. The molecule has 146 valence electrons. The van der Waals surface area contributed by atoms with Crippen molar-refractivity contribution >= 4 is 23.4 Å². The van der Waals surface area contributed by atoms with E-state index in [0.29, 0.717) is 24.2 Å². The van der Waals surface area contributed by atoms with Gasteiger partial charge in [-0.05, 0) is 30.5 Å². The van der Waals surface area contributed by atoms with E-state index >= 15 is 0 Å². The van der Waals surface area contributed by atoms with Crippen molar-refractivity contribution in [3.63, 3.8) is 0 Å². The molecule has 28 heavy (non-hydrogen) atoms. The van der Waals surface area contributed by atoms with Crippen molar-refractivity contribution in [2.75, 3.05) is 31.4 Å². The molecule has 0 bridgehead atoms. The molecule has 1 fully saturated rings. The molecule has 2 N–H and O–H groups in total. The predicted octanol–water partition coefficient (Wildman–Crippen LogP) is 1.86. The number of ether oxygens (including phenoxy) is 2. The second-order valence-electron chi connectivity index (χ2n) is 7.10. The first-order chi connectivity index (χ1) is 13.5. The zero-order chi connectivity index (χ0) is 19.9. The van der Waals surface area contributed by atoms with Crippen LogP contribution in [0, 0.1) is 0 Å². The molecular formula is C20H22N4O4. The Morgan fingerprint density at radius 2 is 1.89 bits per heavy atom. The Bertz CT molecular complexity index is 938. The Balaban J connectivity index is 1.62. The van der Waals surface area contributed by atoms with Crippen LogP contribution in [0.15, 0.2) is 24.3 Å². The molecule has 2 heterocycles. The minimum atomic E-state index is -0.555. The van der Waals surface area contributed by atoms with Gasteiger partial charge in [-0.1, -0.05) is 18.6 Å². The highest BCUT2D eigenvalue weighted by Gasteiger charge is 2.46. The normalized spacial score (nSPS) is 17.5. The summed E-state index contributed by atoms with van der Waals surface area (Å²) >= 11 is 0. The third-order valence-corrected chi connectivity index (χ3v) is 5.72. The van der Waals surface area contributed by atoms with E-state index < -0.39 is 5.41 Å². The van der Waals surface area contributed by atoms with Crippen LogP contribution in [0.2, 0.25) is 0 Å². The number of nitrogens with zero attached hydrogens (tertiary/aromatic N) is 3. The van der Waals surface area contributed by atoms with E-state index in [1.54, 1.807) is 4.90 Å². The van der Waals surface area contributed by atoms with Crippen LogP contribution >= 0.6 is 0 Å². The van der Waals surface area contributed by atoms with E-state index in [2.05, 4.69) is 9.97 Å². The third kappa shape index (κ3) is 2.67. The van der Waals surface area contributed by atoms with Gasteiger partial charge in [0, 0.05) is 18.7 Å². The van der Waals surface area contributed by atoms with Crippen molar-refractivity contribution in [1.82, 2.24) is 9.97 Å². The highest BCUT2D eigenvalue weighted by molar-refractivity contribution is 6.10. The van der Waals surface area contributed by atoms with Gasteiger partial charge < -0.3 is 20.1 Å². The molecule has 0 spiro atoms. The zero-order valence-electron chi connectivity index (χ0n) is 15.9. The molecule has 1 amide bonds. The Morgan fingerprint density at radius 1 is 1.18 bits per heavy atom. The number of hydrogen-bond donors (Lipinski definition) is 1. The molecular weight excluding hydrogens is 360 g/mol. The number of aromatic nitrogens is 2. The topological polar surface area (TPSA) is 108 Å². The smallest absolute Gasteiger partial charge is 0.318 e. The molecule has 4 rings (SSSR count). The zero-order valence-corrected chi connectivity index (χ0v) is 15.9. The van der Waals surface area contributed by atoms with Crippen molar-refractivity contribution in [2.24, 2.45) is 0 Å². The maximum Gasteiger partial charge on any atom is 0.318 e. The van der Waals surface area contributed by atoms with Gasteiger partial charge in [0.15, 0.2) is 0 Å². The monoisotopic (exact) mass is 382 g/mol. The highest BCUT2D eigenvalue weighted by atomic mass is 16.5. The van der Waals surface area contributed by atoms with Crippen LogP contribution in [-0.4, -0.2) is 42.6 Å². The number of esters is 1. The Morgan fingerprint density at radius 3 is 2.46 bits per heavy atom. The van der Waals surface area contributed by atoms with Crippen LogP contribution < -0.4 is 15.4 Å². The van der Waals surface area contributed by atoms with E-state index in [-0.39, 0.29) is 23.7 Å². The number of carbonyl (C=O) groups excluding carboxylic acids is 2. The number of amides is 1. The molecule has 0 atom stereocenters. The summed E-state index contributed by atoms with van der Waals surface area (Å²) in [5.74, 6) is -0.318. The van der Waals surface area contributed by atoms with Crippen LogP contribution in [-0.2, 0) is 21.4 Å². The van der Waals surface area contributed by atoms with Crippen molar-refractivity contribution in [3.8, 4) is 6.01 Å². The molecule has 1 aromatic heterocycles. The fourth-order valence-corrected chi connectivity index (χ4v) is 4.01. The number of methoxy groups -OCH3 is 2. The maximum atomic E-state index is 13.0. The molecule has 2 aliphatic rings.